The van der Waals surface area contributed by atoms with Crippen molar-refractivity contribution in [3.05, 3.63) is 95.6 Å². The van der Waals surface area contributed by atoms with Gasteiger partial charge >= 0.3 is 0 Å². The highest BCUT2D eigenvalue weighted by molar-refractivity contribution is 6.24. The fourth-order valence-electron chi connectivity index (χ4n) is 5.43. The summed E-state index contributed by atoms with van der Waals surface area (Å²) in [6.07, 6.45) is 1.70. The molecule has 0 spiro atoms. The lowest BCUT2D eigenvalue weighted by Crippen LogP contribution is -2.44. The average Bonchev–Trinajstić information content (AvgIpc) is 3.36. The number of Topliss-reactive ketones (excluding diaryl/α,β-unsaturated/α-hetero) is 1. The lowest BCUT2D eigenvalue weighted by Gasteiger charge is -2.33. The smallest absolute Gasteiger partial charge is 0.240 e. The van der Waals surface area contributed by atoms with Gasteiger partial charge in [-0.15, -0.1) is 0 Å². The molecule has 3 aliphatic rings. The second kappa shape index (κ2) is 7.66. The minimum atomic E-state index is -0.891. The Morgan fingerprint density at radius 3 is 2.26 bits per heavy atom. The summed E-state index contributed by atoms with van der Waals surface area (Å²) < 4.78 is 5.21. The molecular weight excluding hydrogens is 430 g/mol. The van der Waals surface area contributed by atoms with Crippen molar-refractivity contribution in [3.8, 4) is 5.75 Å². The molecule has 2 saturated heterocycles. The summed E-state index contributed by atoms with van der Waals surface area (Å²) in [7, 11) is 1.56. The van der Waals surface area contributed by atoms with Gasteiger partial charge in [-0.2, -0.15) is 5.10 Å². The van der Waals surface area contributed by atoms with Crippen LogP contribution >= 0.6 is 0 Å². The topological polar surface area (TPSA) is 79.3 Å². The van der Waals surface area contributed by atoms with E-state index in [2.05, 4.69) is 5.10 Å². The molecule has 3 aromatic carbocycles. The maximum Gasteiger partial charge on any atom is 0.240 e. The summed E-state index contributed by atoms with van der Waals surface area (Å²) in [5.41, 5.74) is 2.74. The van der Waals surface area contributed by atoms with Gasteiger partial charge in [0.05, 0.1) is 36.9 Å². The number of carbonyl (C=O) groups is 3. The summed E-state index contributed by atoms with van der Waals surface area (Å²) in [6, 6.07) is 22.0. The second-order valence-corrected chi connectivity index (χ2v) is 8.63. The number of imide groups is 1. The minimum Gasteiger partial charge on any atom is -0.497 e. The Hall–Kier alpha value is -4.26. The van der Waals surface area contributed by atoms with Crippen LogP contribution in [0, 0.1) is 11.8 Å². The molecule has 4 atom stereocenters. The van der Waals surface area contributed by atoms with Crippen molar-refractivity contribution >= 4 is 29.5 Å². The normalized spacial score (nSPS) is 24.6. The van der Waals surface area contributed by atoms with E-state index in [0.29, 0.717) is 17.0 Å². The largest absolute Gasteiger partial charge is 0.497 e. The van der Waals surface area contributed by atoms with E-state index < -0.39 is 23.9 Å². The molecule has 2 amide bonds. The van der Waals surface area contributed by atoms with E-state index in [1.54, 1.807) is 66.9 Å². The molecule has 0 aliphatic carbocycles. The van der Waals surface area contributed by atoms with Crippen molar-refractivity contribution in [3.63, 3.8) is 0 Å². The van der Waals surface area contributed by atoms with Crippen molar-refractivity contribution < 1.29 is 19.1 Å². The van der Waals surface area contributed by atoms with Crippen LogP contribution in [0.5, 0.6) is 5.75 Å². The Balaban J connectivity index is 1.48. The number of carbonyl (C=O) groups excluding carboxylic acids is 3. The van der Waals surface area contributed by atoms with Crippen LogP contribution in [0.15, 0.2) is 84.0 Å². The van der Waals surface area contributed by atoms with E-state index >= 15 is 0 Å². The highest BCUT2D eigenvalue weighted by atomic mass is 16.5. The van der Waals surface area contributed by atoms with Crippen LogP contribution in [0.3, 0.4) is 0 Å². The highest BCUT2D eigenvalue weighted by Crippen LogP contribution is 2.53. The van der Waals surface area contributed by atoms with E-state index in [-0.39, 0.29) is 17.6 Å². The monoisotopic (exact) mass is 451 g/mol. The second-order valence-electron chi connectivity index (χ2n) is 8.63. The number of rotatable bonds is 4. The third-order valence-electron chi connectivity index (χ3n) is 6.95. The Labute approximate surface area is 196 Å². The van der Waals surface area contributed by atoms with E-state index in [9.17, 15) is 14.4 Å². The number of amides is 2. The number of hydrazone groups is 1. The van der Waals surface area contributed by atoms with Crippen molar-refractivity contribution in [2.75, 3.05) is 12.0 Å². The number of ether oxygens (including phenoxy) is 1. The molecule has 0 N–H and O–H groups in total. The van der Waals surface area contributed by atoms with Crippen LogP contribution < -0.4 is 9.64 Å². The zero-order valence-electron chi connectivity index (χ0n) is 18.4. The lowest BCUT2D eigenvalue weighted by atomic mass is 9.83. The molecule has 6 rings (SSSR count). The van der Waals surface area contributed by atoms with Crippen molar-refractivity contribution in [1.82, 2.24) is 5.01 Å². The van der Waals surface area contributed by atoms with Crippen LogP contribution in [0.25, 0.3) is 0 Å². The first-order valence-corrected chi connectivity index (χ1v) is 11.1. The van der Waals surface area contributed by atoms with Gasteiger partial charge in [-0.1, -0.05) is 42.5 Å². The van der Waals surface area contributed by atoms with Crippen LogP contribution in [-0.4, -0.2) is 42.0 Å². The summed E-state index contributed by atoms with van der Waals surface area (Å²) >= 11 is 0. The molecule has 168 valence electrons. The van der Waals surface area contributed by atoms with Gasteiger partial charge in [0.1, 0.15) is 11.8 Å². The zero-order valence-corrected chi connectivity index (χ0v) is 18.4. The van der Waals surface area contributed by atoms with Crippen LogP contribution in [0.1, 0.15) is 27.5 Å². The predicted octanol–water partition coefficient (Wildman–Crippen LogP) is 3.46. The molecular formula is C27H21N3O4. The lowest BCUT2D eigenvalue weighted by molar-refractivity contribution is -0.124. The molecule has 7 heteroatoms. The summed E-state index contributed by atoms with van der Waals surface area (Å²) in [5, 5.41) is 6.25. The van der Waals surface area contributed by atoms with E-state index in [0.717, 1.165) is 11.1 Å². The first-order valence-electron chi connectivity index (χ1n) is 11.1. The molecule has 3 heterocycles. The number of para-hydroxylation sites is 1. The fourth-order valence-corrected chi connectivity index (χ4v) is 5.43. The van der Waals surface area contributed by atoms with Crippen LogP contribution in [0.2, 0.25) is 0 Å². The maximum absolute atomic E-state index is 13.8. The number of benzene rings is 3. The molecule has 2 fully saturated rings. The van der Waals surface area contributed by atoms with Crippen LogP contribution in [0.4, 0.5) is 5.69 Å². The summed E-state index contributed by atoms with van der Waals surface area (Å²) in [6.45, 7) is 0. The van der Waals surface area contributed by atoms with Gasteiger partial charge in [-0.3, -0.25) is 19.4 Å². The number of nitrogens with zero attached hydrogens (tertiary/aromatic N) is 3. The molecule has 34 heavy (non-hydrogen) atoms. The first kappa shape index (κ1) is 20.4. The summed E-state index contributed by atoms with van der Waals surface area (Å²) in [5.74, 6) is -1.82. The number of methoxy groups -OCH3 is 1. The molecule has 0 saturated carbocycles. The Bertz CT molecular complexity index is 1340. The standard InChI is InChI=1S/C27H21N3O4/c1-34-19-13-11-16(12-14-19)25(31)24-22-21(23-20-10-6-5-7-17(20)15-28-30(23)24)26(32)29(27(22)33)18-8-3-2-4-9-18/h2-15,21-24H,1H3/t21-,22-,23+,24-/m0/s1. The van der Waals surface area contributed by atoms with Gasteiger partial charge in [0, 0.05) is 5.56 Å². The fraction of sp³-hybridized carbons (Fsp3) is 0.185. The third kappa shape index (κ3) is 2.83. The predicted molar refractivity (Wildman–Crippen MR) is 126 cm³/mol. The van der Waals surface area contributed by atoms with Gasteiger partial charge in [-0.05, 0) is 47.5 Å². The molecule has 0 bridgehead atoms. The third-order valence-corrected chi connectivity index (χ3v) is 6.95. The molecule has 0 radical (unpaired) electrons. The number of fused-ring (bicyclic) bond motifs is 5. The van der Waals surface area contributed by atoms with Crippen molar-refractivity contribution in [1.29, 1.82) is 0 Å². The maximum atomic E-state index is 13.8. The number of hydrogen-bond acceptors (Lipinski definition) is 6. The van der Waals surface area contributed by atoms with E-state index in [1.165, 1.54) is 4.90 Å². The van der Waals surface area contributed by atoms with Gasteiger partial charge in [0.15, 0.2) is 5.78 Å². The minimum absolute atomic E-state index is 0.243. The Morgan fingerprint density at radius 2 is 1.53 bits per heavy atom. The molecule has 0 unspecified atom stereocenters. The Morgan fingerprint density at radius 1 is 0.853 bits per heavy atom. The molecule has 3 aliphatic heterocycles. The van der Waals surface area contributed by atoms with Gasteiger partial charge in [-0.25, -0.2) is 4.90 Å². The number of anilines is 1. The van der Waals surface area contributed by atoms with Gasteiger partial charge in [0.25, 0.3) is 0 Å². The first-order chi connectivity index (χ1) is 16.6. The summed E-state index contributed by atoms with van der Waals surface area (Å²) in [4.78, 5) is 42.6. The molecule has 7 nitrogen and oxygen atoms in total. The SMILES string of the molecule is COc1ccc(C(=O)[C@@H]2[C@H]3C(=O)N(c4ccccc4)C(=O)[C@@H]3[C@H]3c4ccccc4C=NN23)cc1. The highest BCUT2D eigenvalue weighted by Gasteiger charge is 2.65. The molecule has 3 aromatic rings. The van der Waals surface area contributed by atoms with Gasteiger partial charge in [0.2, 0.25) is 11.8 Å². The average molecular weight is 451 g/mol. The van der Waals surface area contributed by atoms with Crippen molar-refractivity contribution in [2.24, 2.45) is 16.9 Å². The number of hydrogen-bond donors (Lipinski definition) is 0. The van der Waals surface area contributed by atoms with E-state index in [1.807, 2.05) is 30.3 Å². The zero-order chi connectivity index (χ0) is 23.4. The van der Waals surface area contributed by atoms with E-state index in [4.69, 9.17) is 4.74 Å². The quantitative estimate of drug-likeness (QED) is 0.448. The van der Waals surface area contributed by atoms with Crippen LogP contribution in [-0.2, 0) is 9.59 Å². The Kier molecular flexibility index (Phi) is 4.58. The molecule has 0 aromatic heterocycles. The van der Waals surface area contributed by atoms with Gasteiger partial charge < -0.3 is 4.74 Å². The number of ketones is 1. The van der Waals surface area contributed by atoms with Crippen molar-refractivity contribution in [2.45, 2.75) is 12.1 Å².